The monoisotopic (exact) mass is 701 g/mol. The zero-order chi connectivity index (χ0) is 36.3. The van der Waals surface area contributed by atoms with Crippen LogP contribution in [0.2, 0.25) is 0 Å². The fourth-order valence-electron chi connectivity index (χ4n) is 8.62. The Morgan fingerprint density at radius 1 is 0.309 bits per heavy atom. The molecule has 0 aliphatic heterocycles. The highest BCUT2D eigenvalue weighted by Crippen LogP contribution is 2.46. The summed E-state index contributed by atoms with van der Waals surface area (Å²) in [5.41, 5.74) is 12.7. The molecule has 0 saturated heterocycles. The molecule has 0 spiro atoms. The molecule has 11 aromatic rings. The normalized spacial score (nSPS) is 11.6. The van der Waals surface area contributed by atoms with E-state index in [0.717, 1.165) is 34.0 Å². The van der Waals surface area contributed by atoms with Crippen molar-refractivity contribution in [1.82, 2.24) is 9.13 Å². The number of hydrogen-bond donors (Lipinski definition) is 0. The highest BCUT2D eigenvalue weighted by atomic mass is 15.2. The second kappa shape index (κ2) is 12.6. The number of benzene rings is 9. The number of para-hydroxylation sites is 3. The highest BCUT2D eigenvalue weighted by Gasteiger charge is 2.23. The minimum Gasteiger partial charge on any atom is -0.310 e. The van der Waals surface area contributed by atoms with Crippen LogP contribution in [0, 0.1) is 0 Å². The van der Waals surface area contributed by atoms with Gasteiger partial charge in [-0.3, -0.25) is 0 Å². The van der Waals surface area contributed by atoms with Gasteiger partial charge in [-0.15, -0.1) is 0 Å². The minimum absolute atomic E-state index is 1.10. The van der Waals surface area contributed by atoms with Crippen molar-refractivity contribution in [1.29, 1.82) is 0 Å². The molecule has 0 aliphatic rings. The SMILES string of the molecule is c1ccc(-c2cccc(-n3c4ccccc4c4c(N(c5ccc6ccccc6c5)c5ccc6c7ccccc7n(-c7ccccc7)c6c5)cccc43)c2)cc1. The Labute approximate surface area is 319 Å². The van der Waals surface area contributed by atoms with Gasteiger partial charge in [0.05, 0.1) is 27.8 Å². The van der Waals surface area contributed by atoms with E-state index in [2.05, 4.69) is 226 Å². The van der Waals surface area contributed by atoms with Crippen molar-refractivity contribution < 1.29 is 0 Å². The molecule has 0 bridgehead atoms. The van der Waals surface area contributed by atoms with E-state index in [9.17, 15) is 0 Å². The fraction of sp³-hybridized carbons (Fsp3) is 0. The average molecular weight is 702 g/mol. The van der Waals surface area contributed by atoms with Crippen molar-refractivity contribution in [2.24, 2.45) is 0 Å². The third kappa shape index (κ3) is 5.05. The molecule has 3 nitrogen and oxygen atoms in total. The first kappa shape index (κ1) is 31.2. The molecule has 2 heterocycles. The Bertz CT molecular complexity index is 3210. The number of aromatic nitrogens is 2. The van der Waals surface area contributed by atoms with Gasteiger partial charge >= 0.3 is 0 Å². The molecule has 9 aromatic carbocycles. The van der Waals surface area contributed by atoms with Crippen LogP contribution < -0.4 is 4.90 Å². The topological polar surface area (TPSA) is 13.1 Å². The summed E-state index contributed by atoms with van der Waals surface area (Å²) in [5.74, 6) is 0. The summed E-state index contributed by atoms with van der Waals surface area (Å²) in [7, 11) is 0. The van der Waals surface area contributed by atoms with Crippen LogP contribution in [-0.2, 0) is 0 Å². The van der Waals surface area contributed by atoms with Crippen molar-refractivity contribution in [3.63, 3.8) is 0 Å². The molecule has 11 rings (SSSR count). The highest BCUT2D eigenvalue weighted by molar-refractivity contribution is 6.17. The lowest BCUT2D eigenvalue weighted by atomic mass is 10.0. The van der Waals surface area contributed by atoms with Crippen LogP contribution in [0.3, 0.4) is 0 Å². The Morgan fingerprint density at radius 2 is 0.873 bits per heavy atom. The summed E-state index contributed by atoms with van der Waals surface area (Å²) in [6.07, 6.45) is 0. The minimum atomic E-state index is 1.10. The third-order valence-electron chi connectivity index (χ3n) is 11.0. The van der Waals surface area contributed by atoms with Gasteiger partial charge in [0.2, 0.25) is 0 Å². The van der Waals surface area contributed by atoms with E-state index in [1.165, 1.54) is 60.0 Å². The summed E-state index contributed by atoms with van der Waals surface area (Å²) < 4.78 is 4.83. The van der Waals surface area contributed by atoms with Gasteiger partial charge in [0.15, 0.2) is 0 Å². The molecule has 0 fully saturated rings. The van der Waals surface area contributed by atoms with Crippen LogP contribution >= 0.6 is 0 Å². The Kier molecular flexibility index (Phi) is 7.17. The standard InChI is InChI=1S/C52H35N3/c1-3-15-36(16-4-1)39-19-13-22-41(33-39)55-48-26-12-10-24-46(48)52-49(27-14-28-50(52)55)53(42-30-29-37-17-7-8-18-38(37)34-42)43-31-32-45-44-23-9-11-25-47(44)54(51(45)35-43)40-20-5-2-6-21-40/h1-35H. The molecule has 2 aromatic heterocycles. The first-order valence-electron chi connectivity index (χ1n) is 18.9. The van der Waals surface area contributed by atoms with E-state index < -0.39 is 0 Å². The van der Waals surface area contributed by atoms with Gasteiger partial charge in [-0.2, -0.15) is 0 Å². The van der Waals surface area contributed by atoms with Crippen molar-refractivity contribution in [2.75, 3.05) is 4.90 Å². The van der Waals surface area contributed by atoms with Crippen LogP contribution in [0.5, 0.6) is 0 Å². The van der Waals surface area contributed by atoms with Gasteiger partial charge in [0, 0.05) is 44.3 Å². The van der Waals surface area contributed by atoms with Crippen molar-refractivity contribution in [3.05, 3.63) is 212 Å². The molecule has 0 saturated carbocycles. The van der Waals surface area contributed by atoms with Gasteiger partial charge in [-0.05, 0) is 94.7 Å². The van der Waals surface area contributed by atoms with E-state index in [1.54, 1.807) is 0 Å². The van der Waals surface area contributed by atoms with Gasteiger partial charge in [-0.1, -0.05) is 140 Å². The predicted molar refractivity (Wildman–Crippen MR) is 233 cm³/mol. The number of anilines is 3. The lowest BCUT2D eigenvalue weighted by molar-refractivity contribution is 1.18. The maximum Gasteiger partial charge on any atom is 0.0562 e. The Hall–Kier alpha value is -7.36. The van der Waals surface area contributed by atoms with Crippen LogP contribution in [0.4, 0.5) is 17.1 Å². The lowest BCUT2D eigenvalue weighted by Crippen LogP contribution is -2.10. The summed E-state index contributed by atoms with van der Waals surface area (Å²) >= 11 is 0. The summed E-state index contributed by atoms with van der Waals surface area (Å²) in [4.78, 5) is 2.46. The second-order valence-electron chi connectivity index (χ2n) is 14.2. The molecule has 0 unspecified atom stereocenters. The summed E-state index contributed by atoms with van der Waals surface area (Å²) in [5, 5.41) is 7.32. The van der Waals surface area contributed by atoms with Crippen molar-refractivity contribution >= 4 is 71.4 Å². The average Bonchev–Trinajstić information content (AvgIpc) is 3.77. The number of rotatable bonds is 6. The Morgan fingerprint density at radius 3 is 1.71 bits per heavy atom. The van der Waals surface area contributed by atoms with E-state index in [1.807, 2.05) is 0 Å². The molecule has 0 amide bonds. The van der Waals surface area contributed by atoms with Crippen LogP contribution in [-0.4, -0.2) is 9.13 Å². The first-order valence-corrected chi connectivity index (χ1v) is 18.9. The smallest absolute Gasteiger partial charge is 0.0562 e. The predicted octanol–water partition coefficient (Wildman–Crippen LogP) is 14.2. The molecular formula is C52H35N3. The molecule has 0 radical (unpaired) electrons. The summed E-state index contributed by atoms with van der Waals surface area (Å²) in [6, 6.07) is 77.0. The van der Waals surface area contributed by atoms with Gasteiger partial charge in [-0.25, -0.2) is 0 Å². The summed E-state index contributed by atoms with van der Waals surface area (Å²) in [6.45, 7) is 0. The molecule has 0 aliphatic carbocycles. The molecule has 258 valence electrons. The lowest BCUT2D eigenvalue weighted by Gasteiger charge is -2.27. The van der Waals surface area contributed by atoms with E-state index >= 15 is 0 Å². The van der Waals surface area contributed by atoms with Crippen LogP contribution in [0.1, 0.15) is 0 Å². The van der Waals surface area contributed by atoms with Crippen molar-refractivity contribution in [2.45, 2.75) is 0 Å². The second-order valence-corrected chi connectivity index (χ2v) is 14.2. The Balaban J connectivity index is 1.20. The quantitative estimate of drug-likeness (QED) is 0.168. The fourth-order valence-corrected chi connectivity index (χ4v) is 8.62. The third-order valence-corrected chi connectivity index (χ3v) is 11.0. The maximum absolute atomic E-state index is 2.46. The van der Waals surface area contributed by atoms with Gasteiger partial charge in [0.1, 0.15) is 0 Å². The van der Waals surface area contributed by atoms with E-state index in [0.29, 0.717) is 0 Å². The molecular weight excluding hydrogens is 667 g/mol. The zero-order valence-electron chi connectivity index (χ0n) is 30.0. The van der Waals surface area contributed by atoms with Crippen LogP contribution in [0.15, 0.2) is 212 Å². The van der Waals surface area contributed by atoms with Crippen LogP contribution in [0.25, 0.3) is 76.9 Å². The van der Waals surface area contributed by atoms with Gasteiger partial charge < -0.3 is 14.0 Å². The molecule has 0 atom stereocenters. The number of hydrogen-bond acceptors (Lipinski definition) is 1. The van der Waals surface area contributed by atoms with E-state index in [4.69, 9.17) is 0 Å². The molecule has 0 N–H and O–H groups in total. The van der Waals surface area contributed by atoms with Crippen molar-refractivity contribution in [3.8, 4) is 22.5 Å². The maximum atomic E-state index is 2.46. The molecule has 55 heavy (non-hydrogen) atoms. The van der Waals surface area contributed by atoms with E-state index in [-0.39, 0.29) is 0 Å². The largest absolute Gasteiger partial charge is 0.310 e. The molecule has 3 heteroatoms. The first-order chi connectivity index (χ1) is 27.3. The zero-order valence-corrected chi connectivity index (χ0v) is 30.0. The van der Waals surface area contributed by atoms with Gasteiger partial charge in [0.25, 0.3) is 0 Å². The number of fused-ring (bicyclic) bond motifs is 7. The number of nitrogens with zero attached hydrogens (tertiary/aromatic N) is 3.